The molecule has 0 unspecified atom stereocenters. The molecule has 1 N–H and O–H groups in total. The molecule has 0 saturated heterocycles. The Morgan fingerprint density at radius 1 is 1.21 bits per heavy atom. The Morgan fingerprint density at radius 3 is 2.75 bits per heavy atom. The molecular weight excluding hydrogens is 356 g/mol. The van der Waals surface area contributed by atoms with Crippen LogP contribution in [-0.2, 0) is 4.79 Å². The van der Waals surface area contributed by atoms with E-state index in [-0.39, 0.29) is 12.4 Å². The summed E-state index contributed by atoms with van der Waals surface area (Å²) in [6.07, 6.45) is 3.32. The highest BCUT2D eigenvalue weighted by atomic mass is 16.7. The third-order valence-corrected chi connectivity index (χ3v) is 4.30. The molecule has 28 heavy (non-hydrogen) atoms. The van der Waals surface area contributed by atoms with Gasteiger partial charge in [-0.15, -0.1) is 0 Å². The lowest BCUT2D eigenvalue weighted by Crippen LogP contribution is -2.19. The first-order valence-electron chi connectivity index (χ1n) is 8.58. The number of amides is 1. The van der Waals surface area contributed by atoms with Gasteiger partial charge >= 0.3 is 0 Å². The summed E-state index contributed by atoms with van der Waals surface area (Å²) in [6, 6.07) is 17.1. The van der Waals surface area contributed by atoms with Crippen LogP contribution in [0.3, 0.4) is 0 Å². The number of benzene rings is 2. The van der Waals surface area contributed by atoms with Crippen molar-refractivity contribution < 1.29 is 14.3 Å². The number of para-hydroxylation sites is 1. The lowest BCUT2D eigenvalue weighted by molar-refractivity contribution is -0.116. The molecule has 4 rings (SSSR count). The molecule has 7 heteroatoms. The zero-order chi connectivity index (χ0) is 19.5. The Hall–Kier alpha value is -4.05. The van der Waals surface area contributed by atoms with E-state index in [1.165, 1.54) is 13.1 Å². The summed E-state index contributed by atoms with van der Waals surface area (Å²) in [6.45, 7) is 0.180. The van der Waals surface area contributed by atoms with Crippen LogP contribution >= 0.6 is 0 Å². The summed E-state index contributed by atoms with van der Waals surface area (Å²) >= 11 is 0. The highest BCUT2D eigenvalue weighted by molar-refractivity contribution is 6.02. The topological polar surface area (TPSA) is 89.2 Å². The van der Waals surface area contributed by atoms with Gasteiger partial charge < -0.3 is 14.8 Å². The highest BCUT2D eigenvalue weighted by Gasteiger charge is 2.18. The molecular formula is C21H16N4O3. The summed E-state index contributed by atoms with van der Waals surface area (Å²) in [5.41, 5.74) is 2.92. The lowest BCUT2D eigenvalue weighted by atomic mass is 10.1. The van der Waals surface area contributed by atoms with Crippen LogP contribution in [0, 0.1) is 11.3 Å². The van der Waals surface area contributed by atoms with Crippen LogP contribution in [0.2, 0.25) is 0 Å². The standard InChI is InChI=1S/C21H16N4O3/c1-23-21(26)15(11-22)9-16-12-25(17-5-3-2-4-6-17)24-20(16)14-7-8-18-19(10-14)28-13-27-18/h2-10,12H,13H2,1H3,(H,23,26)/b15-9+. The quantitative estimate of drug-likeness (QED) is 0.562. The number of nitrogens with one attached hydrogen (secondary N) is 1. The van der Waals surface area contributed by atoms with Gasteiger partial charge in [0.25, 0.3) is 5.91 Å². The van der Waals surface area contributed by atoms with Gasteiger partial charge in [-0.2, -0.15) is 10.4 Å². The van der Waals surface area contributed by atoms with E-state index in [0.717, 1.165) is 11.3 Å². The molecule has 1 amide bonds. The van der Waals surface area contributed by atoms with E-state index in [2.05, 4.69) is 10.4 Å². The van der Waals surface area contributed by atoms with E-state index in [0.29, 0.717) is 22.8 Å². The SMILES string of the molecule is CNC(=O)/C(C#N)=C/c1cn(-c2ccccc2)nc1-c1ccc2c(c1)OCO2. The zero-order valence-corrected chi connectivity index (χ0v) is 15.0. The Balaban J connectivity index is 1.86. The van der Waals surface area contributed by atoms with Crippen molar-refractivity contribution >= 4 is 12.0 Å². The minimum atomic E-state index is -0.452. The Bertz CT molecular complexity index is 1110. The van der Waals surface area contributed by atoms with E-state index in [1.807, 2.05) is 54.6 Å². The fraction of sp³-hybridized carbons (Fsp3) is 0.0952. The molecule has 0 saturated carbocycles. The second-order valence-corrected chi connectivity index (χ2v) is 6.03. The van der Waals surface area contributed by atoms with Crippen LogP contribution < -0.4 is 14.8 Å². The summed E-state index contributed by atoms with van der Waals surface area (Å²) in [4.78, 5) is 12.0. The molecule has 7 nitrogen and oxygen atoms in total. The van der Waals surface area contributed by atoms with Gasteiger partial charge in [0.1, 0.15) is 17.3 Å². The molecule has 1 aliphatic rings. The summed E-state index contributed by atoms with van der Waals surface area (Å²) < 4.78 is 12.5. The van der Waals surface area contributed by atoms with E-state index >= 15 is 0 Å². The van der Waals surface area contributed by atoms with Crippen LogP contribution in [0.4, 0.5) is 0 Å². The molecule has 0 fully saturated rings. The number of hydrogen-bond donors (Lipinski definition) is 1. The van der Waals surface area contributed by atoms with Gasteiger partial charge in [0.05, 0.1) is 5.69 Å². The van der Waals surface area contributed by atoms with Crippen molar-refractivity contribution in [2.24, 2.45) is 0 Å². The fourth-order valence-corrected chi connectivity index (χ4v) is 2.91. The van der Waals surface area contributed by atoms with Crippen LogP contribution in [0.15, 0.2) is 60.3 Å². The summed E-state index contributed by atoms with van der Waals surface area (Å²) in [5, 5.41) is 16.5. The summed E-state index contributed by atoms with van der Waals surface area (Å²) in [5.74, 6) is 0.853. The molecule has 2 aromatic carbocycles. The first kappa shape index (κ1) is 17.4. The number of likely N-dealkylation sites (N-methyl/N-ethyl adjacent to an activating group) is 1. The van der Waals surface area contributed by atoms with E-state index < -0.39 is 5.91 Å². The first-order chi connectivity index (χ1) is 13.7. The van der Waals surface area contributed by atoms with Gasteiger partial charge in [0, 0.05) is 24.4 Å². The predicted octanol–water partition coefficient (Wildman–Crippen LogP) is 2.92. The fourth-order valence-electron chi connectivity index (χ4n) is 2.91. The number of rotatable bonds is 4. The lowest BCUT2D eigenvalue weighted by Gasteiger charge is -2.02. The Labute approximate surface area is 161 Å². The van der Waals surface area contributed by atoms with Crippen molar-refractivity contribution in [1.29, 1.82) is 5.26 Å². The number of ether oxygens (including phenoxy) is 2. The number of aromatic nitrogens is 2. The highest BCUT2D eigenvalue weighted by Crippen LogP contribution is 2.37. The number of nitriles is 1. The third-order valence-electron chi connectivity index (χ3n) is 4.30. The molecule has 2 heterocycles. The third kappa shape index (κ3) is 3.19. The smallest absolute Gasteiger partial charge is 0.261 e. The number of hydrogen-bond acceptors (Lipinski definition) is 5. The van der Waals surface area contributed by atoms with Gasteiger partial charge in [-0.05, 0) is 36.4 Å². The maximum Gasteiger partial charge on any atom is 0.261 e. The van der Waals surface area contributed by atoms with Crippen molar-refractivity contribution in [3.63, 3.8) is 0 Å². The van der Waals surface area contributed by atoms with Crippen molar-refractivity contribution in [3.8, 4) is 34.5 Å². The molecule has 138 valence electrons. The predicted molar refractivity (Wildman–Crippen MR) is 103 cm³/mol. The van der Waals surface area contributed by atoms with Gasteiger partial charge in [0.2, 0.25) is 6.79 Å². The monoisotopic (exact) mass is 372 g/mol. The largest absolute Gasteiger partial charge is 0.454 e. The average Bonchev–Trinajstić information content (AvgIpc) is 3.38. The normalized spacial score (nSPS) is 12.5. The summed E-state index contributed by atoms with van der Waals surface area (Å²) in [7, 11) is 1.49. The van der Waals surface area contributed by atoms with Crippen molar-refractivity contribution in [2.75, 3.05) is 13.8 Å². The van der Waals surface area contributed by atoms with Crippen molar-refractivity contribution in [2.45, 2.75) is 0 Å². The van der Waals surface area contributed by atoms with Crippen LogP contribution in [0.1, 0.15) is 5.56 Å². The van der Waals surface area contributed by atoms with Crippen molar-refractivity contribution in [1.82, 2.24) is 15.1 Å². The second-order valence-electron chi connectivity index (χ2n) is 6.03. The van der Waals surface area contributed by atoms with Crippen LogP contribution in [0.5, 0.6) is 11.5 Å². The number of carbonyl (C=O) groups excluding carboxylic acids is 1. The Morgan fingerprint density at radius 2 is 2.00 bits per heavy atom. The van der Waals surface area contributed by atoms with Gasteiger partial charge in [-0.3, -0.25) is 4.79 Å². The maximum atomic E-state index is 12.0. The molecule has 3 aromatic rings. The zero-order valence-electron chi connectivity index (χ0n) is 15.0. The minimum Gasteiger partial charge on any atom is -0.454 e. The Kier molecular flexibility index (Phi) is 4.52. The molecule has 0 aliphatic carbocycles. The van der Waals surface area contributed by atoms with Gasteiger partial charge in [0.15, 0.2) is 11.5 Å². The van der Waals surface area contributed by atoms with E-state index in [9.17, 15) is 10.1 Å². The molecule has 1 aliphatic heterocycles. The van der Waals surface area contributed by atoms with E-state index in [4.69, 9.17) is 9.47 Å². The second kappa shape index (κ2) is 7.29. The number of carbonyl (C=O) groups is 1. The first-order valence-corrected chi connectivity index (χ1v) is 8.58. The van der Waals surface area contributed by atoms with Crippen molar-refractivity contribution in [3.05, 3.63) is 65.9 Å². The number of nitrogens with zero attached hydrogens (tertiary/aromatic N) is 3. The molecule has 1 aromatic heterocycles. The minimum absolute atomic E-state index is 0.00268. The average molecular weight is 372 g/mol. The molecule has 0 bridgehead atoms. The van der Waals surface area contributed by atoms with Gasteiger partial charge in [-0.1, -0.05) is 18.2 Å². The molecule has 0 radical (unpaired) electrons. The molecule has 0 atom stereocenters. The number of fused-ring (bicyclic) bond motifs is 1. The van der Waals surface area contributed by atoms with Crippen LogP contribution in [0.25, 0.3) is 23.0 Å². The molecule has 0 spiro atoms. The van der Waals surface area contributed by atoms with Crippen LogP contribution in [-0.4, -0.2) is 29.5 Å². The van der Waals surface area contributed by atoms with Gasteiger partial charge in [-0.25, -0.2) is 4.68 Å². The maximum absolute atomic E-state index is 12.0. The van der Waals surface area contributed by atoms with E-state index in [1.54, 1.807) is 10.9 Å².